The molecule has 4 bridgehead atoms. The van der Waals surface area contributed by atoms with E-state index in [0.717, 1.165) is 37.0 Å². The summed E-state index contributed by atoms with van der Waals surface area (Å²) in [5, 5.41) is 8.44. The first-order valence-electron chi connectivity index (χ1n) is 10.3. The van der Waals surface area contributed by atoms with Gasteiger partial charge in [0.25, 0.3) is 0 Å². The van der Waals surface area contributed by atoms with Crippen LogP contribution in [0.15, 0.2) is 0 Å². The van der Waals surface area contributed by atoms with Crippen LogP contribution in [0.2, 0.25) is 0 Å². The minimum absolute atomic E-state index is 0.0566. The van der Waals surface area contributed by atoms with Crippen molar-refractivity contribution < 1.29 is 14.4 Å². The first-order chi connectivity index (χ1) is 12.7. The van der Waals surface area contributed by atoms with Crippen molar-refractivity contribution in [1.29, 1.82) is 0 Å². The Hall–Kier alpha value is -1.63. The van der Waals surface area contributed by atoms with Crippen molar-refractivity contribution in [3.63, 3.8) is 0 Å². The minimum atomic E-state index is -0.565. The zero-order valence-electron chi connectivity index (χ0n) is 17.0. The molecule has 0 radical (unpaired) electrons. The summed E-state index contributed by atoms with van der Waals surface area (Å²) in [4.78, 5) is 38.4. The molecule has 4 fully saturated rings. The van der Waals surface area contributed by atoms with E-state index in [4.69, 9.17) is 0 Å². The Kier molecular flexibility index (Phi) is 5.79. The topological polar surface area (TPSA) is 90.5 Å². The van der Waals surface area contributed by atoms with E-state index >= 15 is 0 Å². The lowest BCUT2D eigenvalue weighted by atomic mass is 9.53. The highest BCUT2D eigenvalue weighted by Gasteiger charge is 2.51. The van der Waals surface area contributed by atoms with Crippen molar-refractivity contribution in [3.05, 3.63) is 0 Å². The third-order valence-electron chi connectivity index (χ3n) is 6.54. The fraction of sp³-hybridized carbons (Fsp3) is 0.850. The van der Waals surface area contributed by atoms with Crippen molar-refractivity contribution in [3.8, 4) is 0 Å². The summed E-state index contributed by atoms with van der Waals surface area (Å²) < 4.78 is 0. The van der Waals surface area contributed by atoms with Gasteiger partial charge in [-0.05, 0) is 84.1 Å². The third-order valence-corrected chi connectivity index (χ3v) is 6.54. The predicted molar refractivity (Wildman–Crippen MR) is 103 cm³/mol. The van der Waals surface area contributed by atoms with Crippen LogP contribution in [-0.2, 0) is 9.59 Å². The van der Waals surface area contributed by atoms with Crippen LogP contribution >= 0.6 is 0 Å². The molecule has 27 heavy (non-hydrogen) atoms. The quantitative estimate of drug-likeness (QED) is 0.655. The zero-order valence-corrected chi connectivity index (χ0v) is 17.0. The molecule has 0 aromatic heterocycles. The second kappa shape index (κ2) is 7.78. The summed E-state index contributed by atoms with van der Waals surface area (Å²) in [5.74, 6) is 1.69. The van der Waals surface area contributed by atoms with E-state index in [9.17, 15) is 14.4 Å². The monoisotopic (exact) mass is 378 g/mol. The summed E-state index contributed by atoms with van der Waals surface area (Å²) in [6.07, 6.45) is 7.06. The molecule has 4 aliphatic rings. The van der Waals surface area contributed by atoms with Crippen LogP contribution in [0.5, 0.6) is 0 Å². The number of hydrogen-bond donors (Lipinski definition) is 3. The van der Waals surface area contributed by atoms with Crippen molar-refractivity contribution in [2.24, 2.45) is 17.8 Å². The number of likely N-dealkylation sites (N-methyl/N-ethyl adjacent to an activating group) is 1. The average molecular weight is 379 g/mol. The molecule has 0 heterocycles. The van der Waals surface area contributed by atoms with Gasteiger partial charge in [0.15, 0.2) is 0 Å². The molecule has 4 saturated carbocycles. The SMILES string of the molecule is CC(C)NC(=O)CN(C)[C@@H](C)C(=O)NC(=O)NC12CC3CC(CC(C3)C1)C2. The van der Waals surface area contributed by atoms with E-state index in [1.165, 1.54) is 19.3 Å². The number of nitrogens with zero attached hydrogens (tertiary/aromatic N) is 1. The van der Waals surface area contributed by atoms with Gasteiger partial charge >= 0.3 is 6.03 Å². The maximum atomic E-state index is 12.5. The maximum Gasteiger partial charge on any atom is 0.321 e. The Morgan fingerprint density at radius 3 is 2.00 bits per heavy atom. The number of rotatable bonds is 6. The van der Waals surface area contributed by atoms with Gasteiger partial charge < -0.3 is 10.6 Å². The van der Waals surface area contributed by atoms with Crippen molar-refractivity contribution >= 4 is 17.8 Å². The van der Waals surface area contributed by atoms with Crippen molar-refractivity contribution in [1.82, 2.24) is 20.9 Å². The van der Waals surface area contributed by atoms with Gasteiger partial charge in [0, 0.05) is 11.6 Å². The Balaban J connectivity index is 1.49. The molecule has 4 amide bonds. The highest BCUT2D eigenvalue weighted by atomic mass is 16.2. The largest absolute Gasteiger partial charge is 0.353 e. The summed E-state index contributed by atoms with van der Waals surface area (Å²) in [6, 6.07) is -0.903. The third kappa shape index (κ3) is 4.81. The van der Waals surface area contributed by atoms with Crippen LogP contribution in [0.4, 0.5) is 4.79 Å². The lowest BCUT2D eigenvalue weighted by Gasteiger charge is -2.56. The normalized spacial score (nSPS) is 32.4. The number of hydrogen-bond acceptors (Lipinski definition) is 4. The Bertz CT molecular complexity index is 569. The smallest absolute Gasteiger partial charge is 0.321 e. The van der Waals surface area contributed by atoms with E-state index in [-0.39, 0.29) is 29.9 Å². The van der Waals surface area contributed by atoms with Crippen LogP contribution < -0.4 is 16.0 Å². The molecule has 3 N–H and O–H groups in total. The standard InChI is InChI=1S/C20H34N4O3/c1-12(2)21-17(25)11-24(4)13(3)18(26)22-19(27)23-20-8-14-5-15(9-20)7-16(6-14)10-20/h12-16H,5-11H2,1-4H3,(H,21,25)(H2,22,23,26,27)/t13-,14?,15?,16?,20?/m0/s1. The molecule has 0 saturated heterocycles. The number of carbonyl (C=O) groups is 3. The summed E-state index contributed by atoms with van der Waals surface area (Å²) in [7, 11) is 1.71. The summed E-state index contributed by atoms with van der Waals surface area (Å²) >= 11 is 0. The first kappa shape index (κ1) is 20.1. The van der Waals surface area contributed by atoms with E-state index in [1.807, 2.05) is 13.8 Å². The molecule has 0 spiro atoms. The molecule has 4 rings (SSSR count). The molecular formula is C20H34N4O3. The maximum absolute atomic E-state index is 12.5. The van der Waals surface area contributed by atoms with E-state index < -0.39 is 12.1 Å². The molecule has 0 aromatic rings. The Morgan fingerprint density at radius 2 is 1.52 bits per heavy atom. The average Bonchev–Trinajstić information content (AvgIpc) is 2.50. The molecule has 7 heteroatoms. The fourth-order valence-corrected chi connectivity index (χ4v) is 5.68. The summed E-state index contributed by atoms with van der Waals surface area (Å²) in [5.41, 5.74) is -0.120. The molecule has 4 aliphatic carbocycles. The lowest BCUT2D eigenvalue weighted by molar-refractivity contribution is -0.127. The van der Waals surface area contributed by atoms with E-state index in [0.29, 0.717) is 0 Å². The second-order valence-electron chi connectivity index (χ2n) is 9.45. The molecule has 152 valence electrons. The van der Waals surface area contributed by atoms with E-state index in [1.54, 1.807) is 18.9 Å². The van der Waals surface area contributed by atoms with Gasteiger partial charge in [0.05, 0.1) is 12.6 Å². The lowest BCUT2D eigenvalue weighted by Crippen LogP contribution is -2.62. The van der Waals surface area contributed by atoms with Gasteiger partial charge in [0.1, 0.15) is 0 Å². The number of imide groups is 1. The van der Waals surface area contributed by atoms with Gasteiger partial charge in [-0.2, -0.15) is 0 Å². The fourth-order valence-electron chi connectivity index (χ4n) is 5.68. The Labute approximate surface area is 162 Å². The van der Waals surface area contributed by atoms with Crippen molar-refractivity contribution in [2.45, 2.75) is 76.9 Å². The van der Waals surface area contributed by atoms with Gasteiger partial charge in [0.2, 0.25) is 11.8 Å². The molecular weight excluding hydrogens is 344 g/mol. The van der Waals surface area contributed by atoms with Crippen LogP contribution in [0, 0.1) is 17.8 Å². The summed E-state index contributed by atoms with van der Waals surface area (Å²) in [6.45, 7) is 5.60. The van der Waals surface area contributed by atoms with Crippen LogP contribution in [0.1, 0.15) is 59.3 Å². The molecule has 7 nitrogen and oxygen atoms in total. The molecule has 0 aromatic carbocycles. The second-order valence-corrected chi connectivity index (χ2v) is 9.45. The highest BCUT2D eigenvalue weighted by Crippen LogP contribution is 2.55. The van der Waals surface area contributed by atoms with Gasteiger partial charge in [-0.3, -0.25) is 19.8 Å². The number of nitrogens with one attached hydrogen (secondary N) is 3. The van der Waals surface area contributed by atoms with Gasteiger partial charge in [-0.25, -0.2) is 4.79 Å². The highest BCUT2D eigenvalue weighted by molar-refractivity contribution is 5.97. The number of carbonyl (C=O) groups excluding carboxylic acids is 3. The van der Waals surface area contributed by atoms with Crippen molar-refractivity contribution in [2.75, 3.05) is 13.6 Å². The number of amides is 4. The molecule has 0 unspecified atom stereocenters. The number of urea groups is 1. The van der Waals surface area contributed by atoms with Crippen LogP contribution in [0.25, 0.3) is 0 Å². The van der Waals surface area contributed by atoms with Gasteiger partial charge in [-0.1, -0.05) is 0 Å². The zero-order chi connectivity index (χ0) is 19.8. The minimum Gasteiger partial charge on any atom is -0.353 e. The molecule has 0 aliphatic heterocycles. The van der Waals surface area contributed by atoms with E-state index in [2.05, 4.69) is 16.0 Å². The predicted octanol–water partition coefficient (Wildman–Crippen LogP) is 1.63. The van der Waals surface area contributed by atoms with Gasteiger partial charge in [-0.15, -0.1) is 0 Å². The first-order valence-corrected chi connectivity index (χ1v) is 10.3. The Morgan fingerprint density at radius 1 is 1.00 bits per heavy atom. The molecule has 1 atom stereocenters. The van der Waals surface area contributed by atoms with Crippen LogP contribution in [0.3, 0.4) is 0 Å². The van der Waals surface area contributed by atoms with Crippen LogP contribution in [-0.4, -0.2) is 54.0 Å².